The maximum atomic E-state index is 13.0. The summed E-state index contributed by atoms with van der Waals surface area (Å²) in [5.74, 6) is -0.197. The molecule has 1 aromatic rings. The molecule has 3 heteroatoms. The summed E-state index contributed by atoms with van der Waals surface area (Å²) in [7, 11) is 0. The first kappa shape index (κ1) is 12.5. The zero-order valence-electron chi connectivity index (χ0n) is 10.5. The quantitative estimate of drug-likeness (QED) is 0.872. The van der Waals surface area contributed by atoms with E-state index < -0.39 is 0 Å². The summed E-state index contributed by atoms with van der Waals surface area (Å²) in [4.78, 5) is 0. The number of hydrogen-bond acceptors (Lipinski definition) is 2. The molecule has 1 heterocycles. The van der Waals surface area contributed by atoms with Gasteiger partial charge in [-0.15, -0.1) is 0 Å². The molecule has 2 unspecified atom stereocenters. The van der Waals surface area contributed by atoms with Gasteiger partial charge < -0.3 is 10.1 Å². The lowest BCUT2D eigenvalue weighted by atomic mass is 9.87. The number of ether oxygens (including phenoxy) is 1. The van der Waals surface area contributed by atoms with Gasteiger partial charge in [0.2, 0.25) is 0 Å². The van der Waals surface area contributed by atoms with Crippen LogP contribution in [0.25, 0.3) is 0 Å². The number of benzene rings is 1. The van der Waals surface area contributed by atoms with E-state index in [1.165, 1.54) is 12.1 Å². The first-order valence-corrected chi connectivity index (χ1v) is 6.30. The number of rotatable bonds is 3. The average Bonchev–Trinajstić information content (AvgIpc) is 2.34. The maximum absolute atomic E-state index is 13.0. The van der Waals surface area contributed by atoms with Crippen molar-refractivity contribution in [2.75, 3.05) is 13.2 Å². The van der Waals surface area contributed by atoms with Crippen molar-refractivity contribution in [2.45, 2.75) is 38.3 Å². The second-order valence-corrected chi connectivity index (χ2v) is 4.84. The van der Waals surface area contributed by atoms with Crippen LogP contribution in [-0.2, 0) is 10.3 Å². The largest absolute Gasteiger partial charge is 0.367 e. The zero-order valence-corrected chi connectivity index (χ0v) is 10.5. The molecule has 2 rings (SSSR count). The summed E-state index contributed by atoms with van der Waals surface area (Å²) >= 11 is 0. The average molecular weight is 237 g/mol. The smallest absolute Gasteiger partial charge is 0.123 e. The highest BCUT2D eigenvalue weighted by Crippen LogP contribution is 2.32. The van der Waals surface area contributed by atoms with Crippen LogP contribution in [0.1, 0.15) is 32.3 Å². The highest BCUT2D eigenvalue weighted by molar-refractivity contribution is 5.24. The van der Waals surface area contributed by atoms with Crippen LogP contribution in [0.4, 0.5) is 4.39 Å². The third kappa shape index (κ3) is 2.67. The molecule has 1 fully saturated rings. The molecule has 17 heavy (non-hydrogen) atoms. The Morgan fingerprint density at radius 1 is 1.41 bits per heavy atom. The normalized spacial score (nSPS) is 29.2. The Hall–Kier alpha value is -0.930. The van der Waals surface area contributed by atoms with E-state index in [0.29, 0.717) is 12.6 Å². The number of halogens is 1. The van der Waals surface area contributed by atoms with Crippen LogP contribution in [0.3, 0.4) is 0 Å². The predicted molar refractivity (Wildman–Crippen MR) is 66.4 cm³/mol. The minimum Gasteiger partial charge on any atom is -0.367 e. The van der Waals surface area contributed by atoms with Gasteiger partial charge in [-0.1, -0.05) is 25.5 Å². The lowest BCUT2D eigenvalue weighted by Gasteiger charge is -2.40. The lowest BCUT2D eigenvalue weighted by molar-refractivity contribution is -0.0915. The topological polar surface area (TPSA) is 21.3 Å². The van der Waals surface area contributed by atoms with Gasteiger partial charge in [0.25, 0.3) is 0 Å². The monoisotopic (exact) mass is 237 g/mol. The van der Waals surface area contributed by atoms with Crippen molar-refractivity contribution in [1.82, 2.24) is 5.32 Å². The van der Waals surface area contributed by atoms with Crippen molar-refractivity contribution < 1.29 is 9.13 Å². The zero-order chi connectivity index (χ0) is 12.3. The Bertz CT molecular complexity index is 355. The highest BCUT2D eigenvalue weighted by Gasteiger charge is 2.36. The van der Waals surface area contributed by atoms with E-state index in [1.54, 1.807) is 0 Å². The molecule has 0 radical (unpaired) electrons. The Balaban J connectivity index is 2.24. The molecule has 1 aliphatic rings. The fourth-order valence-electron chi connectivity index (χ4n) is 2.38. The summed E-state index contributed by atoms with van der Waals surface area (Å²) in [6.45, 7) is 5.76. The maximum Gasteiger partial charge on any atom is 0.123 e. The van der Waals surface area contributed by atoms with E-state index in [-0.39, 0.29) is 11.4 Å². The van der Waals surface area contributed by atoms with Gasteiger partial charge in [-0.3, -0.25) is 0 Å². The van der Waals surface area contributed by atoms with Crippen LogP contribution in [0.15, 0.2) is 24.3 Å². The van der Waals surface area contributed by atoms with Crippen molar-refractivity contribution in [3.63, 3.8) is 0 Å². The first-order chi connectivity index (χ1) is 8.16. The van der Waals surface area contributed by atoms with Crippen molar-refractivity contribution >= 4 is 0 Å². The van der Waals surface area contributed by atoms with Crippen LogP contribution in [0, 0.1) is 5.82 Å². The van der Waals surface area contributed by atoms with Crippen molar-refractivity contribution in [3.8, 4) is 0 Å². The number of nitrogens with one attached hydrogen (secondary N) is 1. The predicted octanol–water partition coefficient (Wildman–Crippen LogP) is 2.83. The summed E-state index contributed by atoms with van der Waals surface area (Å²) in [5.41, 5.74) is 0.787. The fraction of sp³-hybridized carbons (Fsp3) is 0.571. The summed E-state index contributed by atoms with van der Waals surface area (Å²) in [5, 5.41) is 3.45. The third-order valence-electron chi connectivity index (χ3n) is 3.37. The third-order valence-corrected chi connectivity index (χ3v) is 3.37. The van der Waals surface area contributed by atoms with E-state index in [0.717, 1.165) is 24.9 Å². The molecule has 0 bridgehead atoms. The molecule has 0 spiro atoms. The Morgan fingerprint density at radius 3 is 2.65 bits per heavy atom. The minimum absolute atomic E-state index is 0.197. The molecule has 1 aliphatic heterocycles. The molecule has 2 nitrogen and oxygen atoms in total. The second kappa shape index (κ2) is 5.15. The number of hydrogen-bond donors (Lipinski definition) is 1. The van der Waals surface area contributed by atoms with Gasteiger partial charge in [-0.25, -0.2) is 4.39 Å². The summed E-state index contributed by atoms with van der Waals surface area (Å²) in [6, 6.07) is 7.08. The van der Waals surface area contributed by atoms with Gasteiger partial charge in [-0.2, -0.15) is 0 Å². The molecule has 94 valence electrons. The van der Waals surface area contributed by atoms with Gasteiger partial charge in [0.05, 0.1) is 6.61 Å². The van der Waals surface area contributed by atoms with Crippen LogP contribution in [0.5, 0.6) is 0 Å². The van der Waals surface area contributed by atoms with Gasteiger partial charge >= 0.3 is 0 Å². The van der Waals surface area contributed by atoms with E-state index in [2.05, 4.69) is 19.2 Å². The highest BCUT2D eigenvalue weighted by atomic mass is 19.1. The summed E-state index contributed by atoms with van der Waals surface area (Å²) in [6.07, 6.45) is 2.01. The molecule has 1 saturated heterocycles. The first-order valence-electron chi connectivity index (χ1n) is 6.30. The van der Waals surface area contributed by atoms with Gasteiger partial charge in [-0.05, 0) is 31.0 Å². The second-order valence-electron chi connectivity index (χ2n) is 4.84. The molecule has 0 saturated carbocycles. The molecular weight excluding hydrogens is 217 g/mol. The molecular formula is C14H20FNO. The molecule has 1 N–H and O–H groups in total. The van der Waals surface area contributed by atoms with Crippen molar-refractivity contribution in [1.29, 1.82) is 0 Å². The Labute approximate surface area is 102 Å². The van der Waals surface area contributed by atoms with E-state index in [4.69, 9.17) is 4.74 Å². The Kier molecular flexibility index (Phi) is 3.79. The van der Waals surface area contributed by atoms with Gasteiger partial charge in [0.15, 0.2) is 0 Å². The van der Waals surface area contributed by atoms with Crippen LogP contribution in [-0.4, -0.2) is 19.2 Å². The Morgan fingerprint density at radius 2 is 2.12 bits per heavy atom. The fourth-order valence-corrected chi connectivity index (χ4v) is 2.38. The molecule has 0 aliphatic carbocycles. The molecule has 1 aromatic carbocycles. The van der Waals surface area contributed by atoms with Crippen LogP contribution >= 0.6 is 0 Å². The van der Waals surface area contributed by atoms with Gasteiger partial charge in [0, 0.05) is 12.6 Å². The van der Waals surface area contributed by atoms with Crippen molar-refractivity contribution in [2.24, 2.45) is 0 Å². The molecule has 2 atom stereocenters. The molecule has 0 aromatic heterocycles. The van der Waals surface area contributed by atoms with Gasteiger partial charge in [0.1, 0.15) is 11.4 Å². The van der Waals surface area contributed by atoms with E-state index in [1.807, 2.05) is 12.1 Å². The van der Waals surface area contributed by atoms with E-state index in [9.17, 15) is 4.39 Å². The SMILES string of the molecule is CCCC1(c2ccc(F)cc2)CNC(C)CO1. The standard InChI is InChI=1S/C14H20FNO/c1-3-8-14(10-16-11(2)9-17-14)12-4-6-13(15)7-5-12/h4-7,11,16H,3,8-10H2,1-2H3. The van der Waals surface area contributed by atoms with Crippen LogP contribution in [0.2, 0.25) is 0 Å². The molecule has 0 amide bonds. The van der Waals surface area contributed by atoms with Crippen molar-refractivity contribution in [3.05, 3.63) is 35.6 Å². The summed E-state index contributed by atoms with van der Waals surface area (Å²) < 4.78 is 19.0. The van der Waals surface area contributed by atoms with Crippen LogP contribution < -0.4 is 5.32 Å². The lowest BCUT2D eigenvalue weighted by Crippen LogP contribution is -2.51. The van der Waals surface area contributed by atoms with E-state index >= 15 is 0 Å². The minimum atomic E-state index is -0.283. The number of morpholine rings is 1.